The average molecular weight is 439 g/mol. The Morgan fingerprint density at radius 2 is 1.62 bits per heavy atom. The van der Waals surface area contributed by atoms with Gasteiger partial charge in [0.15, 0.2) is 6.10 Å². The minimum absolute atomic E-state index is 0.190. The Labute approximate surface area is 177 Å². The van der Waals surface area contributed by atoms with Gasteiger partial charge in [0.1, 0.15) is 5.75 Å². The molecule has 0 spiro atoms. The average Bonchev–Trinajstić information content (AvgIpc) is 2.67. The van der Waals surface area contributed by atoms with Gasteiger partial charge in [-0.25, -0.2) is 8.42 Å². The lowest BCUT2D eigenvalue weighted by atomic mass is 10.1. The predicted molar refractivity (Wildman–Crippen MR) is 116 cm³/mol. The number of hydrogen-bond acceptors (Lipinski definition) is 4. The molecule has 1 N–H and O–H groups in total. The second kappa shape index (κ2) is 9.61. The van der Waals surface area contributed by atoms with E-state index in [1.54, 1.807) is 45.0 Å². The molecule has 2 rings (SSSR count). The van der Waals surface area contributed by atoms with E-state index in [9.17, 15) is 13.2 Å². The van der Waals surface area contributed by atoms with E-state index in [1.807, 2.05) is 13.8 Å². The Hall–Kier alpha value is -2.09. The molecule has 0 saturated carbocycles. The highest BCUT2D eigenvalue weighted by molar-refractivity contribution is 7.89. The Morgan fingerprint density at radius 1 is 1.10 bits per heavy atom. The second-order valence-corrected chi connectivity index (χ2v) is 9.05. The second-order valence-electron chi connectivity index (χ2n) is 6.73. The number of benzene rings is 2. The number of hydrogen-bond donors (Lipinski definition) is 1. The van der Waals surface area contributed by atoms with Crippen LogP contribution in [-0.4, -0.2) is 37.8 Å². The third kappa shape index (κ3) is 5.50. The summed E-state index contributed by atoms with van der Waals surface area (Å²) >= 11 is 6.16. The summed E-state index contributed by atoms with van der Waals surface area (Å²) in [6.45, 7) is 9.78. The number of sulfonamides is 1. The first kappa shape index (κ1) is 23.2. The van der Waals surface area contributed by atoms with Gasteiger partial charge in [-0.2, -0.15) is 4.31 Å². The molecule has 0 heterocycles. The van der Waals surface area contributed by atoms with Gasteiger partial charge in [-0.15, -0.1) is 0 Å². The van der Waals surface area contributed by atoms with Gasteiger partial charge in [0.05, 0.1) is 4.90 Å². The highest BCUT2D eigenvalue weighted by Crippen LogP contribution is 2.26. The van der Waals surface area contributed by atoms with Crippen molar-refractivity contribution in [2.24, 2.45) is 0 Å². The number of aryl methyl sites for hydroxylation is 2. The molecule has 0 fully saturated rings. The maximum absolute atomic E-state index is 12.5. The maximum Gasteiger partial charge on any atom is 0.265 e. The van der Waals surface area contributed by atoms with Crippen molar-refractivity contribution < 1.29 is 17.9 Å². The number of carbonyl (C=O) groups excluding carboxylic acids is 1. The van der Waals surface area contributed by atoms with Crippen molar-refractivity contribution in [3.8, 4) is 5.75 Å². The Morgan fingerprint density at radius 3 is 2.10 bits per heavy atom. The van der Waals surface area contributed by atoms with Crippen LogP contribution in [0.5, 0.6) is 5.75 Å². The molecule has 29 heavy (non-hydrogen) atoms. The molecule has 0 aliphatic carbocycles. The largest absolute Gasteiger partial charge is 0.481 e. The molecule has 0 aliphatic heterocycles. The fraction of sp³-hybridized carbons (Fsp3) is 0.381. The van der Waals surface area contributed by atoms with Crippen molar-refractivity contribution in [3.05, 3.63) is 52.5 Å². The summed E-state index contributed by atoms with van der Waals surface area (Å²) in [4.78, 5) is 12.6. The van der Waals surface area contributed by atoms with E-state index in [-0.39, 0.29) is 10.8 Å². The monoisotopic (exact) mass is 438 g/mol. The first-order valence-corrected chi connectivity index (χ1v) is 11.3. The molecule has 1 amide bonds. The summed E-state index contributed by atoms with van der Waals surface area (Å²) in [5.41, 5.74) is 2.24. The number of halogens is 1. The van der Waals surface area contributed by atoms with Gasteiger partial charge in [0.25, 0.3) is 5.91 Å². The number of rotatable bonds is 8. The normalized spacial score (nSPS) is 12.7. The van der Waals surface area contributed by atoms with E-state index in [4.69, 9.17) is 16.3 Å². The minimum atomic E-state index is -3.53. The zero-order valence-electron chi connectivity index (χ0n) is 17.3. The van der Waals surface area contributed by atoms with Crippen LogP contribution in [0.4, 0.5) is 5.69 Å². The fourth-order valence-electron chi connectivity index (χ4n) is 2.90. The first-order valence-electron chi connectivity index (χ1n) is 9.44. The molecular formula is C21H27ClN2O4S. The van der Waals surface area contributed by atoms with Gasteiger partial charge >= 0.3 is 0 Å². The van der Waals surface area contributed by atoms with Crippen LogP contribution >= 0.6 is 11.6 Å². The molecule has 158 valence electrons. The van der Waals surface area contributed by atoms with Crippen LogP contribution < -0.4 is 10.1 Å². The zero-order valence-corrected chi connectivity index (χ0v) is 18.9. The van der Waals surface area contributed by atoms with Crippen LogP contribution in [0.15, 0.2) is 41.3 Å². The van der Waals surface area contributed by atoms with Crippen molar-refractivity contribution >= 4 is 33.2 Å². The van der Waals surface area contributed by atoms with Gasteiger partial charge < -0.3 is 10.1 Å². The smallest absolute Gasteiger partial charge is 0.265 e. The van der Waals surface area contributed by atoms with Gasteiger partial charge in [0.2, 0.25) is 10.0 Å². The predicted octanol–water partition coefficient (Wildman–Crippen LogP) is 4.39. The molecule has 1 atom stereocenters. The molecule has 0 saturated heterocycles. The highest BCUT2D eigenvalue weighted by atomic mass is 35.5. The van der Waals surface area contributed by atoms with Crippen LogP contribution in [0.3, 0.4) is 0 Å². The molecule has 0 aromatic heterocycles. The van der Waals surface area contributed by atoms with E-state index < -0.39 is 16.1 Å². The van der Waals surface area contributed by atoms with Crippen LogP contribution in [0.25, 0.3) is 0 Å². The Bertz CT molecular complexity index is 948. The van der Waals surface area contributed by atoms with Crippen molar-refractivity contribution in [2.45, 2.75) is 45.6 Å². The molecule has 2 aromatic carbocycles. The molecule has 0 radical (unpaired) electrons. The van der Waals surface area contributed by atoms with E-state index in [0.29, 0.717) is 29.5 Å². The zero-order chi connectivity index (χ0) is 21.8. The quantitative estimate of drug-likeness (QED) is 0.663. The van der Waals surface area contributed by atoms with Crippen LogP contribution in [0.1, 0.15) is 31.9 Å². The van der Waals surface area contributed by atoms with Gasteiger partial charge in [-0.3, -0.25) is 4.79 Å². The number of carbonyl (C=O) groups is 1. The summed E-state index contributed by atoms with van der Waals surface area (Å²) in [5, 5.41) is 3.42. The molecule has 8 heteroatoms. The SMILES string of the molecule is CCN(CC)S(=O)(=O)c1ccc(NC(=O)C(C)Oc2cc(C)c(Cl)c(C)c2)cc1. The lowest BCUT2D eigenvalue weighted by molar-refractivity contribution is -0.122. The first-order chi connectivity index (χ1) is 13.6. The topological polar surface area (TPSA) is 75.7 Å². The summed E-state index contributed by atoms with van der Waals surface area (Å²) < 4.78 is 32.2. The molecular weight excluding hydrogens is 412 g/mol. The molecule has 6 nitrogen and oxygen atoms in total. The van der Waals surface area contributed by atoms with E-state index >= 15 is 0 Å². The lowest BCUT2D eigenvalue weighted by Gasteiger charge is -2.19. The summed E-state index contributed by atoms with van der Waals surface area (Å²) in [7, 11) is -3.53. The molecule has 2 aromatic rings. The van der Waals surface area contributed by atoms with Gasteiger partial charge in [0, 0.05) is 23.8 Å². The minimum Gasteiger partial charge on any atom is -0.481 e. The van der Waals surface area contributed by atoms with Crippen LogP contribution in [-0.2, 0) is 14.8 Å². The van der Waals surface area contributed by atoms with Crippen molar-refractivity contribution in [1.82, 2.24) is 4.31 Å². The molecule has 0 aliphatic rings. The Balaban J connectivity index is 2.07. The maximum atomic E-state index is 12.5. The van der Waals surface area contributed by atoms with Crippen molar-refractivity contribution in [2.75, 3.05) is 18.4 Å². The number of amides is 1. The summed E-state index contributed by atoms with van der Waals surface area (Å²) in [6, 6.07) is 9.68. The lowest BCUT2D eigenvalue weighted by Crippen LogP contribution is -2.31. The summed E-state index contributed by atoms with van der Waals surface area (Å²) in [5.74, 6) is 0.224. The number of nitrogens with zero attached hydrogens (tertiary/aromatic N) is 1. The highest BCUT2D eigenvalue weighted by Gasteiger charge is 2.22. The van der Waals surface area contributed by atoms with Gasteiger partial charge in [-0.05, 0) is 68.3 Å². The van der Waals surface area contributed by atoms with E-state index in [2.05, 4.69) is 5.32 Å². The fourth-order valence-corrected chi connectivity index (χ4v) is 4.47. The van der Waals surface area contributed by atoms with Crippen LogP contribution in [0.2, 0.25) is 5.02 Å². The molecule has 0 bridgehead atoms. The van der Waals surface area contributed by atoms with Crippen LogP contribution in [0, 0.1) is 13.8 Å². The Kier molecular flexibility index (Phi) is 7.68. The van der Waals surface area contributed by atoms with E-state index in [0.717, 1.165) is 11.1 Å². The third-order valence-corrected chi connectivity index (χ3v) is 7.22. The molecule has 1 unspecified atom stereocenters. The number of ether oxygens (including phenoxy) is 1. The van der Waals surface area contributed by atoms with Crippen molar-refractivity contribution in [1.29, 1.82) is 0 Å². The number of nitrogens with one attached hydrogen (secondary N) is 1. The standard InChI is InChI=1S/C21H27ClN2O4S/c1-6-24(7-2)29(26,27)19-10-8-17(9-11-19)23-21(25)16(5)28-18-12-14(3)20(22)15(4)13-18/h8-13,16H,6-7H2,1-5H3,(H,23,25). The third-order valence-electron chi connectivity index (χ3n) is 4.56. The van der Waals surface area contributed by atoms with E-state index in [1.165, 1.54) is 16.4 Å². The van der Waals surface area contributed by atoms with Crippen molar-refractivity contribution in [3.63, 3.8) is 0 Å². The number of anilines is 1. The van der Waals surface area contributed by atoms with Gasteiger partial charge in [-0.1, -0.05) is 25.4 Å². The summed E-state index contributed by atoms with van der Waals surface area (Å²) in [6.07, 6.45) is -0.742.